The van der Waals surface area contributed by atoms with Crippen molar-refractivity contribution in [1.82, 2.24) is 9.88 Å². The molecule has 0 aliphatic carbocycles. The summed E-state index contributed by atoms with van der Waals surface area (Å²) in [5, 5.41) is 11.2. The fraction of sp³-hybridized carbons (Fsp3) is 0.370. The smallest absolute Gasteiger partial charge is 0.299 e. The van der Waals surface area contributed by atoms with Crippen LogP contribution in [0.15, 0.2) is 36.4 Å². The Morgan fingerprint density at radius 2 is 1.97 bits per heavy atom. The van der Waals surface area contributed by atoms with Crippen LogP contribution in [0.2, 0.25) is 0 Å². The predicted molar refractivity (Wildman–Crippen MR) is 124 cm³/mol. The molecule has 6 heteroatoms. The topological polar surface area (TPSA) is 56.3 Å². The highest BCUT2D eigenvalue weighted by Crippen LogP contribution is 2.43. The molecular formula is C27H28F2N2O2. The van der Waals surface area contributed by atoms with Crippen LogP contribution in [-0.4, -0.2) is 26.9 Å². The van der Waals surface area contributed by atoms with Crippen LogP contribution in [-0.2, 0) is 16.8 Å². The zero-order valence-electron chi connectivity index (χ0n) is 19.1. The monoisotopic (exact) mass is 450 g/mol. The Balaban J connectivity index is 1.99. The lowest BCUT2D eigenvalue weighted by molar-refractivity contribution is -0.130. The molecule has 0 radical (unpaired) electrons. The molecule has 0 fully saturated rings. The minimum Gasteiger partial charge on any atom is -0.386 e. The molecule has 2 heterocycles. The van der Waals surface area contributed by atoms with Gasteiger partial charge < -0.3 is 15.0 Å². The number of aliphatic hydroxyl groups is 1. The van der Waals surface area contributed by atoms with Gasteiger partial charge in [0.25, 0.3) is 5.91 Å². The summed E-state index contributed by atoms with van der Waals surface area (Å²) in [6, 6.07) is 8.31. The zero-order valence-corrected chi connectivity index (χ0v) is 19.1. The lowest BCUT2D eigenvalue weighted by atomic mass is 9.85. The molecule has 172 valence electrons. The number of terminal acetylenes is 1. The highest BCUT2D eigenvalue weighted by molar-refractivity contribution is 5.95. The Hall–Kier alpha value is -3.17. The third kappa shape index (κ3) is 4.14. The maximum absolute atomic E-state index is 15.2. The Labute approximate surface area is 192 Å². The molecule has 0 saturated carbocycles. The van der Waals surface area contributed by atoms with E-state index in [1.165, 1.54) is 18.2 Å². The van der Waals surface area contributed by atoms with Crippen LogP contribution in [0.4, 0.5) is 8.78 Å². The molecule has 0 saturated heterocycles. The molecule has 1 aliphatic heterocycles. The summed E-state index contributed by atoms with van der Waals surface area (Å²) < 4.78 is 28.9. The third-order valence-corrected chi connectivity index (χ3v) is 6.53. The molecule has 1 amide bonds. The Bertz CT molecular complexity index is 1230. The van der Waals surface area contributed by atoms with Crippen molar-refractivity contribution in [3.63, 3.8) is 0 Å². The minimum absolute atomic E-state index is 0.191. The van der Waals surface area contributed by atoms with Gasteiger partial charge in [-0.2, -0.15) is 0 Å². The maximum Gasteiger partial charge on any atom is 0.299 e. The Kier molecular flexibility index (Phi) is 6.02. The van der Waals surface area contributed by atoms with Crippen molar-refractivity contribution in [1.29, 1.82) is 0 Å². The van der Waals surface area contributed by atoms with Gasteiger partial charge in [-0.15, -0.1) is 6.42 Å². The molecule has 1 aromatic heterocycles. The van der Waals surface area contributed by atoms with Gasteiger partial charge in [0.05, 0.1) is 17.2 Å². The summed E-state index contributed by atoms with van der Waals surface area (Å²) >= 11 is 0. The van der Waals surface area contributed by atoms with Gasteiger partial charge in [0.2, 0.25) is 0 Å². The molecular weight excluding hydrogens is 422 g/mol. The van der Waals surface area contributed by atoms with Gasteiger partial charge in [-0.1, -0.05) is 31.9 Å². The van der Waals surface area contributed by atoms with Gasteiger partial charge in [-0.3, -0.25) is 4.79 Å². The molecule has 4 rings (SSSR count). The van der Waals surface area contributed by atoms with Gasteiger partial charge >= 0.3 is 0 Å². The highest BCUT2D eigenvalue weighted by atomic mass is 19.1. The lowest BCUT2D eigenvalue weighted by Crippen LogP contribution is -2.47. The number of nitrogens with zero attached hydrogens (tertiary/aromatic N) is 1. The first-order chi connectivity index (χ1) is 15.7. The van der Waals surface area contributed by atoms with Crippen LogP contribution < -0.4 is 0 Å². The average Bonchev–Trinajstić information content (AvgIpc) is 3.15. The Morgan fingerprint density at radius 3 is 2.58 bits per heavy atom. The van der Waals surface area contributed by atoms with E-state index in [-0.39, 0.29) is 11.9 Å². The molecule has 2 atom stereocenters. The average molecular weight is 451 g/mol. The van der Waals surface area contributed by atoms with Crippen molar-refractivity contribution in [3.05, 3.63) is 70.4 Å². The van der Waals surface area contributed by atoms with Crippen LogP contribution >= 0.6 is 0 Å². The van der Waals surface area contributed by atoms with Gasteiger partial charge in [-0.05, 0) is 73.6 Å². The summed E-state index contributed by atoms with van der Waals surface area (Å²) in [6.07, 6.45) is 8.64. The van der Waals surface area contributed by atoms with Crippen LogP contribution in [0.3, 0.4) is 0 Å². The number of nitrogens with one attached hydrogen (secondary N) is 1. The number of hydrogen-bond donors (Lipinski definition) is 2. The van der Waals surface area contributed by atoms with Gasteiger partial charge in [-0.25, -0.2) is 8.78 Å². The second kappa shape index (κ2) is 8.64. The number of aromatic amines is 1. The number of aromatic nitrogens is 1. The van der Waals surface area contributed by atoms with Gasteiger partial charge in [0.15, 0.2) is 0 Å². The van der Waals surface area contributed by atoms with E-state index in [1.54, 1.807) is 30.9 Å². The van der Waals surface area contributed by atoms with E-state index in [1.807, 2.05) is 6.07 Å². The molecule has 33 heavy (non-hydrogen) atoms. The number of fused-ring (bicyclic) bond motifs is 3. The summed E-state index contributed by atoms with van der Waals surface area (Å²) in [7, 11) is 0. The minimum atomic E-state index is -1.21. The first kappa shape index (κ1) is 23.0. The second-order valence-electron chi connectivity index (χ2n) is 9.27. The molecule has 0 spiro atoms. The molecule has 1 aliphatic rings. The number of carbonyl (C=O) groups is 1. The summed E-state index contributed by atoms with van der Waals surface area (Å²) in [5.74, 6) is 0.938. The third-order valence-electron chi connectivity index (χ3n) is 6.53. The first-order valence-corrected chi connectivity index (χ1v) is 11.3. The maximum atomic E-state index is 15.2. The summed E-state index contributed by atoms with van der Waals surface area (Å²) in [6.45, 7) is 5.31. The van der Waals surface area contributed by atoms with Crippen molar-refractivity contribution >= 4 is 16.8 Å². The van der Waals surface area contributed by atoms with E-state index in [2.05, 4.69) is 17.8 Å². The van der Waals surface area contributed by atoms with Crippen molar-refractivity contribution in [2.45, 2.75) is 64.1 Å². The number of halogens is 2. The molecule has 0 unspecified atom stereocenters. The molecule has 3 aromatic rings. The van der Waals surface area contributed by atoms with E-state index < -0.39 is 23.4 Å². The van der Waals surface area contributed by atoms with Crippen molar-refractivity contribution in [3.8, 4) is 12.3 Å². The quantitative estimate of drug-likeness (QED) is 0.516. The normalized spacial score (nSPS) is 18.3. The van der Waals surface area contributed by atoms with Crippen LogP contribution in [0, 0.1) is 24.0 Å². The van der Waals surface area contributed by atoms with E-state index in [0.29, 0.717) is 34.1 Å². The molecule has 2 N–H and O–H groups in total. The summed E-state index contributed by atoms with van der Waals surface area (Å²) in [4.78, 5) is 17.8. The van der Waals surface area contributed by atoms with E-state index in [4.69, 9.17) is 6.42 Å². The van der Waals surface area contributed by atoms with Crippen LogP contribution in [0.1, 0.15) is 68.5 Å². The standard InChI is InChI=1S/C27H28F2N2O2/c1-5-7-8-19-15-21-20-13-17(27(3,4)33)14-22(29)24(20)30-25(21)26(31(19)23(32)6-2)16-9-11-18(28)12-10-16/h2,9-14,19,26,30,33H,5,7-8,15H2,1,3-4H3/t19-,26-/m0/s1. The van der Waals surface area contributed by atoms with Crippen molar-refractivity contribution < 1.29 is 18.7 Å². The van der Waals surface area contributed by atoms with E-state index >= 15 is 4.39 Å². The zero-order chi connectivity index (χ0) is 23.9. The Morgan fingerprint density at radius 1 is 1.27 bits per heavy atom. The first-order valence-electron chi connectivity index (χ1n) is 11.3. The summed E-state index contributed by atoms with van der Waals surface area (Å²) in [5.41, 5.74) is 1.84. The fourth-order valence-electron chi connectivity index (χ4n) is 4.83. The second-order valence-corrected chi connectivity index (χ2v) is 9.27. The van der Waals surface area contributed by atoms with E-state index in [0.717, 1.165) is 24.8 Å². The molecule has 4 nitrogen and oxygen atoms in total. The number of carbonyl (C=O) groups excluding carboxylic acids is 1. The van der Waals surface area contributed by atoms with Crippen LogP contribution in [0.25, 0.3) is 10.9 Å². The van der Waals surface area contributed by atoms with E-state index in [9.17, 15) is 14.3 Å². The van der Waals surface area contributed by atoms with Gasteiger partial charge in [0, 0.05) is 17.1 Å². The number of benzene rings is 2. The predicted octanol–water partition coefficient (Wildman–Crippen LogP) is 5.34. The fourth-order valence-corrected chi connectivity index (χ4v) is 4.83. The number of unbranched alkanes of at least 4 members (excludes halogenated alkanes) is 1. The number of rotatable bonds is 5. The lowest BCUT2D eigenvalue weighted by Gasteiger charge is -2.41. The SMILES string of the molecule is C#CC(=O)N1[C@@H](CCCC)Cc2c([nH]c3c(F)cc(C(C)(C)O)cc23)[C@@H]1c1ccc(F)cc1. The number of hydrogen-bond acceptors (Lipinski definition) is 2. The van der Waals surface area contributed by atoms with Crippen molar-refractivity contribution in [2.75, 3.05) is 0 Å². The molecule has 0 bridgehead atoms. The van der Waals surface area contributed by atoms with Gasteiger partial charge in [0.1, 0.15) is 11.6 Å². The van der Waals surface area contributed by atoms with Crippen LogP contribution in [0.5, 0.6) is 0 Å². The van der Waals surface area contributed by atoms with Crippen molar-refractivity contribution in [2.24, 2.45) is 0 Å². The largest absolute Gasteiger partial charge is 0.386 e. The molecule has 2 aromatic carbocycles. The number of amides is 1. The number of H-pyrrole nitrogens is 1. The highest BCUT2D eigenvalue weighted by Gasteiger charge is 2.40.